The minimum atomic E-state index is -0.189. The van der Waals surface area contributed by atoms with Crippen LogP contribution in [0.25, 0.3) is 0 Å². The lowest BCUT2D eigenvalue weighted by molar-refractivity contribution is -0.0433. The summed E-state index contributed by atoms with van der Waals surface area (Å²) in [5.41, 5.74) is 5.99. The molecule has 0 aliphatic rings. The van der Waals surface area contributed by atoms with Crippen LogP contribution in [0.2, 0.25) is 0 Å². The van der Waals surface area contributed by atoms with Gasteiger partial charge in [0, 0.05) is 12.6 Å². The van der Waals surface area contributed by atoms with Crippen LogP contribution in [0.1, 0.15) is 47.5 Å². The molecule has 0 aromatic rings. The van der Waals surface area contributed by atoms with Gasteiger partial charge in [0.05, 0.1) is 5.60 Å². The van der Waals surface area contributed by atoms with Crippen LogP contribution in [-0.4, -0.2) is 18.2 Å². The minimum absolute atomic E-state index is 0.141. The molecule has 0 radical (unpaired) electrons. The van der Waals surface area contributed by atoms with E-state index in [0.29, 0.717) is 5.92 Å². The third kappa shape index (κ3) is 3.65. The molecule has 0 bridgehead atoms. The van der Waals surface area contributed by atoms with Crippen molar-refractivity contribution in [2.24, 2.45) is 11.7 Å². The fourth-order valence-electron chi connectivity index (χ4n) is 1.83. The van der Waals surface area contributed by atoms with Gasteiger partial charge in [-0.1, -0.05) is 26.7 Å². The molecule has 0 aliphatic carbocycles. The minimum Gasteiger partial charge on any atom is -0.374 e. The Morgan fingerprint density at radius 3 is 1.92 bits per heavy atom. The van der Waals surface area contributed by atoms with Gasteiger partial charge in [0.25, 0.3) is 0 Å². The normalized spacial score (nSPS) is 15.0. The number of nitrogens with two attached hydrogens (primary N) is 1. The molecule has 0 aliphatic heterocycles. The van der Waals surface area contributed by atoms with Crippen molar-refractivity contribution in [3.8, 4) is 0 Å². The zero-order valence-electron chi connectivity index (χ0n) is 9.76. The van der Waals surface area contributed by atoms with Gasteiger partial charge in [-0.05, 0) is 26.7 Å². The van der Waals surface area contributed by atoms with Crippen molar-refractivity contribution in [2.45, 2.75) is 59.1 Å². The Hall–Kier alpha value is -0.0800. The molecule has 0 saturated carbocycles. The molecule has 2 N–H and O–H groups in total. The van der Waals surface area contributed by atoms with E-state index >= 15 is 0 Å². The molecule has 0 aromatic carbocycles. The Bertz CT molecular complexity index is 130. The molecule has 0 fully saturated rings. The van der Waals surface area contributed by atoms with Crippen LogP contribution in [-0.2, 0) is 4.74 Å². The van der Waals surface area contributed by atoms with Crippen molar-refractivity contribution in [3.63, 3.8) is 0 Å². The first-order valence-electron chi connectivity index (χ1n) is 5.39. The molecule has 13 heavy (non-hydrogen) atoms. The lowest BCUT2D eigenvalue weighted by Gasteiger charge is -2.36. The van der Waals surface area contributed by atoms with Crippen molar-refractivity contribution in [2.75, 3.05) is 6.61 Å². The van der Waals surface area contributed by atoms with Gasteiger partial charge in [-0.25, -0.2) is 0 Å². The highest BCUT2D eigenvalue weighted by Crippen LogP contribution is 2.23. The van der Waals surface area contributed by atoms with Crippen molar-refractivity contribution >= 4 is 0 Å². The highest BCUT2D eigenvalue weighted by atomic mass is 16.5. The number of rotatable bonds is 6. The van der Waals surface area contributed by atoms with Crippen molar-refractivity contribution in [1.82, 2.24) is 0 Å². The summed E-state index contributed by atoms with van der Waals surface area (Å²) in [6.45, 7) is 11.3. The molecule has 0 spiro atoms. The SMILES string of the molecule is CCOC(C)(C)C(N)C(CC)CC. The maximum absolute atomic E-state index is 6.18. The number of hydrogen-bond acceptors (Lipinski definition) is 2. The maximum atomic E-state index is 6.18. The second-order valence-corrected chi connectivity index (χ2v) is 4.14. The van der Waals surface area contributed by atoms with Crippen LogP contribution in [0.5, 0.6) is 0 Å². The monoisotopic (exact) mass is 187 g/mol. The summed E-state index contributed by atoms with van der Waals surface area (Å²) in [4.78, 5) is 0. The fourth-order valence-corrected chi connectivity index (χ4v) is 1.83. The first-order chi connectivity index (χ1) is 5.99. The van der Waals surface area contributed by atoms with E-state index in [1.807, 2.05) is 6.92 Å². The van der Waals surface area contributed by atoms with Gasteiger partial charge in [0.1, 0.15) is 0 Å². The summed E-state index contributed by atoms with van der Waals surface area (Å²) in [5.74, 6) is 0.571. The molecule has 2 nitrogen and oxygen atoms in total. The Morgan fingerprint density at radius 2 is 1.62 bits per heavy atom. The molecule has 80 valence electrons. The van der Waals surface area contributed by atoms with E-state index < -0.39 is 0 Å². The van der Waals surface area contributed by atoms with Gasteiger partial charge in [-0.2, -0.15) is 0 Å². The van der Waals surface area contributed by atoms with Crippen LogP contribution in [0.3, 0.4) is 0 Å². The van der Waals surface area contributed by atoms with Gasteiger partial charge >= 0.3 is 0 Å². The Labute approximate surface area is 82.8 Å². The fraction of sp³-hybridized carbons (Fsp3) is 1.00. The quantitative estimate of drug-likeness (QED) is 0.693. The summed E-state index contributed by atoms with van der Waals surface area (Å²) in [5, 5.41) is 0. The lowest BCUT2D eigenvalue weighted by atomic mass is 9.84. The first kappa shape index (κ1) is 12.9. The highest BCUT2D eigenvalue weighted by Gasteiger charge is 2.31. The van der Waals surface area contributed by atoms with Crippen LogP contribution < -0.4 is 5.73 Å². The Kier molecular flexibility index (Phi) is 5.57. The van der Waals surface area contributed by atoms with Crippen LogP contribution in [0.15, 0.2) is 0 Å². The van der Waals surface area contributed by atoms with E-state index in [1.54, 1.807) is 0 Å². The molecule has 1 atom stereocenters. The van der Waals surface area contributed by atoms with Gasteiger partial charge in [-0.3, -0.25) is 0 Å². The Morgan fingerprint density at radius 1 is 1.15 bits per heavy atom. The average molecular weight is 187 g/mol. The molecular weight excluding hydrogens is 162 g/mol. The maximum Gasteiger partial charge on any atom is 0.0779 e. The topological polar surface area (TPSA) is 35.2 Å². The third-order valence-electron chi connectivity index (χ3n) is 2.88. The van der Waals surface area contributed by atoms with Crippen LogP contribution >= 0.6 is 0 Å². The van der Waals surface area contributed by atoms with Crippen molar-refractivity contribution in [1.29, 1.82) is 0 Å². The van der Waals surface area contributed by atoms with E-state index in [-0.39, 0.29) is 11.6 Å². The van der Waals surface area contributed by atoms with Crippen molar-refractivity contribution in [3.05, 3.63) is 0 Å². The molecule has 0 amide bonds. The lowest BCUT2D eigenvalue weighted by Crippen LogP contribution is -2.49. The second-order valence-electron chi connectivity index (χ2n) is 4.14. The van der Waals surface area contributed by atoms with Crippen LogP contribution in [0.4, 0.5) is 0 Å². The summed E-state index contributed by atoms with van der Waals surface area (Å²) in [6.07, 6.45) is 2.27. The summed E-state index contributed by atoms with van der Waals surface area (Å²) >= 11 is 0. The van der Waals surface area contributed by atoms with Crippen molar-refractivity contribution < 1.29 is 4.74 Å². The van der Waals surface area contributed by atoms with Gasteiger partial charge in [-0.15, -0.1) is 0 Å². The molecule has 2 heteroatoms. The summed E-state index contributed by atoms with van der Waals surface area (Å²) in [7, 11) is 0. The van der Waals surface area contributed by atoms with Gasteiger partial charge in [0.2, 0.25) is 0 Å². The standard InChI is InChI=1S/C11H25NO/c1-6-9(7-2)10(12)11(4,5)13-8-3/h9-10H,6-8,12H2,1-5H3. The van der Waals surface area contributed by atoms with E-state index in [1.165, 1.54) is 0 Å². The largest absolute Gasteiger partial charge is 0.374 e. The van der Waals surface area contributed by atoms with E-state index in [2.05, 4.69) is 27.7 Å². The van der Waals surface area contributed by atoms with E-state index in [4.69, 9.17) is 10.5 Å². The van der Waals surface area contributed by atoms with Gasteiger partial charge in [0.15, 0.2) is 0 Å². The predicted molar refractivity (Wildman–Crippen MR) is 57.8 cm³/mol. The molecule has 0 saturated heterocycles. The van der Waals surface area contributed by atoms with Crippen LogP contribution in [0, 0.1) is 5.92 Å². The summed E-state index contributed by atoms with van der Waals surface area (Å²) < 4.78 is 5.65. The first-order valence-corrected chi connectivity index (χ1v) is 5.39. The second kappa shape index (κ2) is 5.61. The number of ether oxygens (including phenoxy) is 1. The van der Waals surface area contributed by atoms with Gasteiger partial charge < -0.3 is 10.5 Å². The Balaban J connectivity index is 4.26. The van der Waals surface area contributed by atoms with E-state index in [9.17, 15) is 0 Å². The predicted octanol–water partition coefficient (Wildman–Crippen LogP) is 2.57. The smallest absolute Gasteiger partial charge is 0.0779 e. The zero-order chi connectivity index (χ0) is 10.5. The molecule has 0 heterocycles. The number of hydrogen-bond donors (Lipinski definition) is 1. The summed E-state index contributed by atoms with van der Waals surface area (Å²) in [6, 6.07) is 0.141. The molecule has 1 unspecified atom stereocenters. The van der Waals surface area contributed by atoms with E-state index in [0.717, 1.165) is 19.4 Å². The molecule has 0 rings (SSSR count). The molecular formula is C11H25NO. The zero-order valence-corrected chi connectivity index (χ0v) is 9.76. The molecule has 0 aromatic heterocycles. The highest BCUT2D eigenvalue weighted by molar-refractivity contribution is 4.87. The average Bonchev–Trinajstić information content (AvgIpc) is 2.06. The third-order valence-corrected chi connectivity index (χ3v) is 2.88.